The predicted octanol–water partition coefficient (Wildman–Crippen LogP) is 6.98. The van der Waals surface area contributed by atoms with Crippen molar-refractivity contribution >= 4 is 12.6 Å². The minimum atomic E-state index is -0.256. The van der Waals surface area contributed by atoms with Crippen LogP contribution in [0.4, 0.5) is 0 Å². The Balaban J connectivity index is 1.79. The molecule has 3 aromatic rings. The van der Waals surface area contributed by atoms with Gasteiger partial charge in [-0.1, -0.05) is 84.8 Å². The molecular weight excluding hydrogens is 356 g/mol. The van der Waals surface area contributed by atoms with Crippen molar-refractivity contribution in [1.82, 2.24) is 0 Å². The Morgan fingerprint density at radius 3 is 1.54 bits per heavy atom. The van der Waals surface area contributed by atoms with Crippen molar-refractivity contribution in [2.24, 2.45) is 0 Å². The van der Waals surface area contributed by atoms with E-state index in [1.807, 2.05) is 0 Å². The Hall–Kier alpha value is -2.25. The van der Waals surface area contributed by atoms with Crippen molar-refractivity contribution in [3.05, 3.63) is 117 Å². The third-order valence-electron chi connectivity index (χ3n) is 7.17. The number of rotatable bonds is 1. The zero-order chi connectivity index (χ0) is 18.7. The second-order valence-electron chi connectivity index (χ2n) is 8.46. The van der Waals surface area contributed by atoms with Gasteiger partial charge in [0.25, 0.3) is 0 Å². The summed E-state index contributed by atoms with van der Waals surface area (Å²) in [7, 11) is 0. The van der Waals surface area contributed by atoms with Crippen LogP contribution in [0.1, 0.15) is 71.4 Å². The molecule has 138 valence electrons. The highest BCUT2D eigenvalue weighted by atomic mass is 32.1. The molecule has 3 aromatic carbocycles. The SMILES string of the molecule is SC(=C1CCCCC1)C12c3ccccc3C(c3ccccc31)c1ccccc12. The van der Waals surface area contributed by atoms with Gasteiger partial charge in [-0.25, -0.2) is 0 Å². The van der Waals surface area contributed by atoms with Crippen molar-refractivity contribution in [2.45, 2.75) is 43.4 Å². The molecule has 0 unspecified atom stereocenters. The van der Waals surface area contributed by atoms with Crippen LogP contribution in [0.15, 0.2) is 83.3 Å². The number of hydrogen-bond acceptors (Lipinski definition) is 1. The molecule has 1 saturated carbocycles. The maximum Gasteiger partial charge on any atom is 0.0766 e. The van der Waals surface area contributed by atoms with Gasteiger partial charge in [0, 0.05) is 10.8 Å². The van der Waals surface area contributed by atoms with Crippen LogP contribution in [0.3, 0.4) is 0 Å². The van der Waals surface area contributed by atoms with Gasteiger partial charge < -0.3 is 0 Å². The molecule has 0 N–H and O–H groups in total. The van der Waals surface area contributed by atoms with Gasteiger partial charge >= 0.3 is 0 Å². The van der Waals surface area contributed by atoms with Gasteiger partial charge in [0.15, 0.2) is 0 Å². The average Bonchev–Trinajstić information content (AvgIpc) is 2.79. The lowest BCUT2D eigenvalue weighted by atomic mass is 9.52. The van der Waals surface area contributed by atoms with Crippen molar-refractivity contribution in [3.8, 4) is 0 Å². The molecule has 7 rings (SSSR count). The van der Waals surface area contributed by atoms with Crippen LogP contribution in [0.2, 0.25) is 0 Å². The molecule has 0 spiro atoms. The molecular formula is C27H24S. The van der Waals surface area contributed by atoms with Gasteiger partial charge in [-0.15, -0.1) is 12.6 Å². The fraction of sp³-hybridized carbons (Fsp3) is 0.259. The topological polar surface area (TPSA) is 0 Å². The number of benzene rings is 3. The Kier molecular flexibility index (Phi) is 3.65. The zero-order valence-corrected chi connectivity index (χ0v) is 16.9. The van der Waals surface area contributed by atoms with E-state index in [0.29, 0.717) is 5.92 Å². The monoisotopic (exact) mass is 380 g/mol. The van der Waals surface area contributed by atoms with E-state index in [-0.39, 0.29) is 5.41 Å². The van der Waals surface area contributed by atoms with Gasteiger partial charge in [0.2, 0.25) is 0 Å². The molecule has 2 bridgehead atoms. The number of hydrogen-bond donors (Lipinski definition) is 1. The van der Waals surface area contributed by atoms with Crippen LogP contribution < -0.4 is 0 Å². The molecule has 0 aromatic heterocycles. The fourth-order valence-corrected chi connectivity index (χ4v) is 6.66. The van der Waals surface area contributed by atoms with E-state index >= 15 is 0 Å². The molecule has 0 amide bonds. The molecule has 0 saturated heterocycles. The Morgan fingerprint density at radius 1 is 0.643 bits per heavy atom. The van der Waals surface area contributed by atoms with Crippen molar-refractivity contribution in [1.29, 1.82) is 0 Å². The highest BCUT2D eigenvalue weighted by Gasteiger charge is 2.53. The van der Waals surface area contributed by atoms with Crippen LogP contribution in [-0.4, -0.2) is 0 Å². The lowest BCUT2D eigenvalue weighted by molar-refractivity contribution is 0.574. The maximum atomic E-state index is 5.36. The van der Waals surface area contributed by atoms with Gasteiger partial charge in [0.1, 0.15) is 0 Å². The fourth-order valence-electron chi connectivity index (χ4n) is 6.07. The smallest absolute Gasteiger partial charge is 0.0766 e. The lowest BCUT2D eigenvalue weighted by Crippen LogP contribution is -2.43. The van der Waals surface area contributed by atoms with Gasteiger partial charge in [-0.05, 0) is 59.1 Å². The Bertz CT molecular complexity index is 997. The van der Waals surface area contributed by atoms with Crippen molar-refractivity contribution in [2.75, 3.05) is 0 Å². The molecule has 0 aliphatic heterocycles. The third kappa shape index (κ3) is 1.98. The quantitative estimate of drug-likeness (QED) is 0.433. The van der Waals surface area contributed by atoms with E-state index < -0.39 is 0 Å². The second-order valence-corrected chi connectivity index (χ2v) is 8.90. The highest BCUT2D eigenvalue weighted by molar-refractivity contribution is 7.84. The molecule has 0 atom stereocenters. The lowest BCUT2D eigenvalue weighted by Gasteiger charge is -2.51. The highest BCUT2D eigenvalue weighted by Crippen LogP contribution is 2.63. The van der Waals surface area contributed by atoms with E-state index in [1.54, 1.807) is 5.57 Å². The first-order valence-electron chi connectivity index (χ1n) is 10.5. The molecule has 1 heteroatoms. The Labute approximate surface area is 172 Å². The number of allylic oxidation sites excluding steroid dienone is 2. The molecule has 28 heavy (non-hydrogen) atoms. The van der Waals surface area contributed by atoms with Crippen molar-refractivity contribution < 1.29 is 0 Å². The van der Waals surface area contributed by atoms with Crippen LogP contribution in [0, 0.1) is 0 Å². The van der Waals surface area contributed by atoms with Crippen LogP contribution in [0.5, 0.6) is 0 Å². The molecule has 0 radical (unpaired) electrons. The van der Waals surface area contributed by atoms with Crippen LogP contribution >= 0.6 is 12.6 Å². The van der Waals surface area contributed by atoms with Gasteiger partial charge in [0.05, 0.1) is 5.41 Å². The van der Waals surface area contributed by atoms with E-state index in [1.165, 1.54) is 70.4 Å². The summed E-state index contributed by atoms with van der Waals surface area (Å²) < 4.78 is 0. The van der Waals surface area contributed by atoms with E-state index in [9.17, 15) is 0 Å². The van der Waals surface area contributed by atoms with Crippen LogP contribution in [0.25, 0.3) is 0 Å². The summed E-state index contributed by atoms with van der Waals surface area (Å²) in [5, 5.41) is 0. The molecule has 0 heterocycles. The second kappa shape index (κ2) is 6.12. The predicted molar refractivity (Wildman–Crippen MR) is 119 cm³/mol. The molecule has 4 aliphatic rings. The Morgan fingerprint density at radius 2 is 1.07 bits per heavy atom. The average molecular weight is 381 g/mol. The maximum absolute atomic E-state index is 5.36. The van der Waals surface area contributed by atoms with Gasteiger partial charge in [-0.3, -0.25) is 0 Å². The summed E-state index contributed by atoms with van der Waals surface area (Å²) >= 11 is 5.36. The summed E-state index contributed by atoms with van der Waals surface area (Å²) in [6, 6.07) is 27.3. The van der Waals surface area contributed by atoms with Crippen molar-refractivity contribution in [3.63, 3.8) is 0 Å². The first kappa shape index (κ1) is 16.7. The standard InChI is InChI=1S/C27H24S/c28-26(18-10-2-1-3-11-18)27-22-15-7-4-12-19(22)25(20-13-5-8-16-23(20)27)21-14-6-9-17-24(21)27/h4-9,12-17,25,28H,1-3,10-11H2. The molecule has 0 nitrogen and oxygen atoms in total. The first-order chi connectivity index (χ1) is 13.8. The normalized spacial score (nSPS) is 24.3. The summed E-state index contributed by atoms with van der Waals surface area (Å²) in [5.41, 5.74) is 10.0. The largest absolute Gasteiger partial charge is 0.146 e. The van der Waals surface area contributed by atoms with Gasteiger partial charge in [-0.2, -0.15) is 0 Å². The third-order valence-corrected chi connectivity index (χ3v) is 7.83. The first-order valence-corrected chi connectivity index (χ1v) is 11.0. The minimum absolute atomic E-state index is 0.256. The van der Waals surface area contributed by atoms with E-state index in [0.717, 1.165) is 0 Å². The minimum Gasteiger partial charge on any atom is -0.146 e. The summed E-state index contributed by atoms with van der Waals surface area (Å²) in [4.78, 5) is 1.29. The summed E-state index contributed by atoms with van der Waals surface area (Å²) in [6.07, 6.45) is 6.32. The number of thiol groups is 1. The van der Waals surface area contributed by atoms with E-state index in [4.69, 9.17) is 12.6 Å². The summed E-state index contributed by atoms with van der Waals surface area (Å²) in [5.74, 6) is 0.336. The molecule has 1 fully saturated rings. The zero-order valence-electron chi connectivity index (χ0n) is 16.0. The van der Waals surface area contributed by atoms with Crippen LogP contribution in [-0.2, 0) is 5.41 Å². The summed E-state index contributed by atoms with van der Waals surface area (Å²) in [6.45, 7) is 0. The molecule has 4 aliphatic carbocycles. The van der Waals surface area contributed by atoms with E-state index in [2.05, 4.69) is 72.8 Å².